The lowest BCUT2D eigenvalue weighted by molar-refractivity contribution is -0.107. The van der Waals surface area contributed by atoms with Crippen LogP contribution in [0.2, 0.25) is 0 Å². The number of rotatable bonds is 5. The van der Waals surface area contributed by atoms with Crippen LogP contribution in [-0.2, 0) is 6.54 Å². The minimum absolute atomic E-state index is 0.356. The van der Waals surface area contributed by atoms with Crippen molar-refractivity contribution in [3.8, 4) is 0 Å². The zero-order valence-electron chi connectivity index (χ0n) is 14.8. The highest BCUT2D eigenvalue weighted by molar-refractivity contribution is 7.09. The first-order valence-corrected chi connectivity index (χ1v) is 9.95. The van der Waals surface area contributed by atoms with Crippen LogP contribution in [0.3, 0.4) is 0 Å². The van der Waals surface area contributed by atoms with Gasteiger partial charge in [-0.1, -0.05) is 20.3 Å². The van der Waals surface area contributed by atoms with Gasteiger partial charge in [-0.25, -0.2) is 4.98 Å². The first-order chi connectivity index (χ1) is 11.0. The number of aliphatic hydroxyl groups is 1. The summed E-state index contributed by atoms with van der Waals surface area (Å²) in [6, 6.07) is 0.356. The van der Waals surface area contributed by atoms with Crippen LogP contribution in [0.25, 0.3) is 0 Å². The summed E-state index contributed by atoms with van der Waals surface area (Å²) in [5.74, 6) is 0.498. The van der Waals surface area contributed by atoms with Gasteiger partial charge >= 0.3 is 0 Å². The van der Waals surface area contributed by atoms with Gasteiger partial charge in [0.1, 0.15) is 0 Å². The molecule has 4 nitrogen and oxygen atoms in total. The number of piperidine rings is 2. The topological polar surface area (TPSA) is 39.6 Å². The second-order valence-corrected chi connectivity index (χ2v) is 8.65. The van der Waals surface area contributed by atoms with Gasteiger partial charge in [-0.15, -0.1) is 11.3 Å². The number of thiazole rings is 1. The summed E-state index contributed by atoms with van der Waals surface area (Å²) >= 11 is 1.75. The van der Waals surface area contributed by atoms with E-state index in [2.05, 4.69) is 36.1 Å². The Morgan fingerprint density at radius 1 is 1.39 bits per heavy atom. The van der Waals surface area contributed by atoms with E-state index in [1.54, 1.807) is 11.3 Å². The predicted octanol–water partition coefficient (Wildman–Crippen LogP) is 3.08. The molecule has 23 heavy (non-hydrogen) atoms. The van der Waals surface area contributed by atoms with Crippen LogP contribution >= 0.6 is 11.3 Å². The van der Waals surface area contributed by atoms with Gasteiger partial charge in [-0.05, 0) is 45.8 Å². The molecule has 3 heterocycles. The molecule has 2 aliphatic rings. The van der Waals surface area contributed by atoms with E-state index < -0.39 is 5.60 Å². The molecule has 1 N–H and O–H groups in total. The van der Waals surface area contributed by atoms with Crippen molar-refractivity contribution >= 4 is 11.3 Å². The molecule has 3 rings (SSSR count). The van der Waals surface area contributed by atoms with Gasteiger partial charge in [0.25, 0.3) is 0 Å². The molecule has 0 aromatic carbocycles. The molecule has 1 aromatic rings. The Morgan fingerprint density at radius 2 is 2.17 bits per heavy atom. The summed E-state index contributed by atoms with van der Waals surface area (Å²) in [6.07, 6.45) is 5.76. The third kappa shape index (κ3) is 3.95. The van der Waals surface area contributed by atoms with E-state index in [0.717, 1.165) is 38.0 Å². The number of fused-ring (bicyclic) bond motifs is 1. The number of aromatic nitrogens is 1. The third-order valence-electron chi connectivity index (χ3n) is 5.33. The summed E-state index contributed by atoms with van der Waals surface area (Å²) in [6.45, 7) is 8.30. The maximum absolute atomic E-state index is 11.3. The number of hydrogen-bond donors (Lipinski definition) is 1. The Kier molecular flexibility index (Phi) is 5.41. The standard InChI is InChI=1S/C18H31N3OS/c1-14(2)17-19-15(12-23-17)11-20(3)13-18(22)8-6-10-21-9-5-4-7-16(18)21/h12,14,16,22H,4-11,13H2,1-3H3/t16-,18-/m1/s1. The Bertz CT molecular complexity index is 516. The Morgan fingerprint density at radius 3 is 2.91 bits per heavy atom. The third-order valence-corrected chi connectivity index (χ3v) is 6.52. The molecule has 0 bridgehead atoms. The quantitative estimate of drug-likeness (QED) is 0.896. The average molecular weight is 338 g/mol. The largest absolute Gasteiger partial charge is 0.387 e. The summed E-state index contributed by atoms with van der Waals surface area (Å²) in [7, 11) is 2.12. The maximum atomic E-state index is 11.3. The van der Waals surface area contributed by atoms with Crippen molar-refractivity contribution in [2.24, 2.45) is 0 Å². The van der Waals surface area contributed by atoms with E-state index in [-0.39, 0.29) is 0 Å². The lowest BCUT2D eigenvalue weighted by atomic mass is 9.79. The van der Waals surface area contributed by atoms with Crippen LogP contribution in [0.15, 0.2) is 5.38 Å². The van der Waals surface area contributed by atoms with E-state index in [0.29, 0.717) is 12.0 Å². The van der Waals surface area contributed by atoms with Gasteiger partial charge in [-0.3, -0.25) is 9.80 Å². The highest BCUT2D eigenvalue weighted by Crippen LogP contribution is 2.34. The van der Waals surface area contributed by atoms with Crippen molar-refractivity contribution in [1.29, 1.82) is 0 Å². The second kappa shape index (κ2) is 7.18. The van der Waals surface area contributed by atoms with Crippen LogP contribution < -0.4 is 0 Å². The molecular weight excluding hydrogens is 306 g/mol. The van der Waals surface area contributed by atoms with Gasteiger partial charge in [0.2, 0.25) is 0 Å². The number of likely N-dealkylation sites (N-methyl/N-ethyl adjacent to an activating group) is 1. The van der Waals surface area contributed by atoms with Gasteiger partial charge in [0, 0.05) is 30.4 Å². The van der Waals surface area contributed by atoms with E-state index in [1.165, 1.54) is 30.9 Å². The van der Waals surface area contributed by atoms with Crippen molar-refractivity contribution < 1.29 is 5.11 Å². The molecule has 0 amide bonds. The highest BCUT2D eigenvalue weighted by Gasteiger charge is 2.44. The Labute approximate surface area is 144 Å². The molecule has 130 valence electrons. The normalized spacial score (nSPS) is 29.2. The molecule has 0 unspecified atom stereocenters. The van der Waals surface area contributed by atoms with Gasteiger partial charge in [-0.2, -0.15) is 0 Å². The highest BCUT2D eigenvalue weighted by atomic mass is 32.1. The Hall–Kier alpha value is -0.490. The van der Waals surface area contributed by atoms with Crippen molar-refractivity contribution in [2.75, 3.05) is 26.7 Å². The number of hydrogen-bond acceptors (Lipinski definition) is 5. The fourth-order valence-electron chi connectivity index (χ4n) is 4.27. The van der Waals surface area contributed by atoms with Crippen LogP contribution in [0.4, 0.5) is 0 Å². The monoisotopic (exact) mass is 337 g/mol. The summed E-state index contributed by atoms with van der Waals surface area (Å²) in [5, 5.41) is 14.7. The minimum atomic E-state index is -0.551. The van der Waals surface area contributed by atoms with Gasteiger partial charge < -0.3 is 5.11 Å². The molecule has 2 fully saturated rings. The average Bonchev–Trinajstić information content (AvgIpc) is 2.96. The molecule has 0 radical (unpaired) electrons. The van der Waals surface area contributed by atoms with E-state index in [1.807, 2.05) is 0 Å². The van der Waals surface area contributed by atoms with E-state index >= 15 is 0 Å². The van der Waals surface area contributed by atoms with Crippen molar-refractivity contribution in [1.82, 2.24) is 14.8 Å². The lowest BCUT2D eigenvalue weighted by Gasteiger charge is -2.50. The smallest absolute Gasteiger partial charge is 0.0954 e. The second-order valence-electron chi connectivity index (χ2n) is 7.76. The summed E-state index contributed by atoms with van der Waals surface area (Å²) < 4.78 is 0. The van der Waals surface area contributed by atoms with Crippen molar-refractivity contribution in [3.05, 3.63) is 16.1 Å². The van der Waals surface area contributed by atoms with Crippen LogP contribution in [0.5, 0.6) is 0 Å². The molecule has 0 spiro atoms. The Balaban J connectivity index is 1.62. The molecule has 0 saturated carbocycles. The summed E-state index contributed by atoms with van der Waals surface area (Å²) in [5.41, 5.74) is 0.589. The zero-order chi connectivity index (χ0) is 16.4. The van der Waals surface area contributed by atoms with Crippen molar-refractivity contribution in [2.45, 2.75) is 70.1 Å². The van der Waals surface area contributed by atoms with Gasteiger partial charge in [0.05, 0.1) is 16.3 Å². The molecule has 2 aliphatic heterocycles. The zero-order valence-corrected chi connectivity index (χ0v) is 15.6. The van der Waals surface area contributed by atoms with E-state index in [4.69, 9.17) is 4.98 Å². The first kappa shape index (κ1) is 17.3. The molecule has 1 aromatic heterocycles. The first-order valence-electron chi connectivity index (χ1n) is 9.07. The predicted molar refractivity (Wildman–Crippen MR) is 95.9 cm³/mol. The van der Waals surface area contributed by atoms with Gasteiger partial charge in [0.15, 0.2) is 0 Å². The molecule has 5 heteroatoms. The van der Waals surface area contributed by atoms with Crippen LogP contribution in [0, 0.1) is 0 Å². The van der Waals surface area contributed by atoms with Crippen LogP contribution in [-0.4, -0.2) is 58.2 Å². The van der Waals surface area contributed by atoms with Crippen molar-refractivity contribution in [3.63, 3.8) is 0 Å². The summed E-state index contributed by atoms with van der Waals surface area (Å²) in [4.78, 5) is 9.52. The number of nitrogens with zero attached hydrogens (tertiary/aromatic N) is 3. The molecule has 2 saturated heterocycles. The molecule has 2 atom stereocenters. The molecule has 0 aliphatic carbocycles. The van der Waals surface area contributed by atoms with Crippen LogP contribution in [0.1, 0.15) is 62.6 Å². The minimum Gasteiger partial charge on any atom is -0.387 e. The van der Waals surface area contributed by atoms with E-state index in [9.17, 15) is 5.11 Å². The molecular formula is C18H31N3OS. The maximum Gasteiger partial charge on any atom is 0.0954 e. The lowest BCUT2D eigenvalue weighted by Crippen LogP contribution is -2.62. The SMILES string of the molecule is CC(C)c1nc(CN(C)C[C@]2(O)CCCN3CCCC[C@@H]32)cs1. The fraction of sp³-hybridized carbons (Fsp3) is 0.833. The fourth-order valence-corrected chi connectivity index (χ4v) is 5.09.